The van der Waals surface area contributed by atoms with Gasteiger partial charge < -0.3 is 28.4 Å². The van der Waals surface area contributed by atoms with Crippen LogP contribution in [0.2, 0.25) is 10.0 Å². The van der Waals surface area contributed by atoms with E-state index in [0.717, 1.165) is 25.7 Å². The van der Waals surface area contributed by atoms with Gasteiger partial charge in [-0.25, -0.2) is 22.8 Å². The molecule has 248 valence electrons. The SMILES string of the molecule is COC(=O)C1(/C(F)=C/CCCCOc2ccc(Cl)cc2)CO1.COC(=O)C1(C(F)(F)CCCCCOc2ccc(Cl)cc2)CO1. The average Bonchev–Trinajstić information content (AvgIpc) is 3.96. The van der Waals surface area contributed by atoms with Crippen molar-refractivity contribution in [2.45, 2.75) is 62.1 Å². The lowest BCUT2D eigenvalue weighted by Gasteiger charge is -2.21. The predicted molar refractivity (Wildman–Crippen MR) is 162 cm³/mol. The Bertz CT molecular complexity index is 1260. The molecule has 0 bridgehead atoms. The zero-order valence-electron chi connectivity index (χ0n) is 25.1. The molecule has 45 heavy (non-hydrogen) atoms. The number of epoxide rings is 2. The van der Waals surface area contributed by atoms with Crippen LogP contribution in [0.3, 0.4) is 0 Å². The summed E-state index contributed by atoms with van der Waals surface area (Å²) >= 11 is 11.5. The number of carbonyl (C=O) groups is 2. The van der Waals surface area contributed by atoms with Gasteiger partial charge in [0.1, 0.15) is 17.3 Å². The Morgan fingerprint density at radius 1 is 0.800 bits per heavy atom. The van der Waals surface area contributed by atoms with Gasteiger partial charge in [0.25, 0.3) is 11.5 Å². The number of esters is 2. The van der Waals surface area contributed by atoms with E-state index in [4.69, 9.17) is 42.1 Å². The summed E-state index contributed by atoms with van der Waals surface area (Å²) < 4.78 is 71.5. The summed E-state index contributed by atoms with van der Waals surface area (Å²) in [5.41, 5.74) is -3.55. The van der Waals surface area contributed by atoms with Gasteiger partial charge in [0.05, 0.1) is 40.6 Å². The molecule has 0 amide bonds. The summed E-state index contributed by atoms with van der Waals surface area (Å²) in [5, 5.41) is 1.29. The van der Waals surface area contributed by atoms with Crippen molar-refractivity contribution in [3.63, 3.8) is 0 Å². The highest BCUT2D eigenvalue weighted by Gasteiger charge is 2.70. The normalized spacial score (nSPS) is 20.4. The van der Waals surface area contributed by atoms with Crippen LogP contribution in [0.1, 0.15) is 44.9 Å². The molecule has 2 saturated heterocycles. The topological polar surface area (TPSA) is 96.1 Å². The molecule has 4 rings (SSSR count). The molecule has 0 saturated carbocycles. The van der Waals surface area contributed by atoms with E-state index >= 15 is 0 Å². The Hall–Kier alpha value is -2.99. The third-order valence-corrected chi connectivity index (χ3v) is 7.60. The van der Waals surface area contributed by atoms with Crippen LogP contribution in [0.15, 0.2) is 60.4 Å². The maximum absolute atomic E-state index is 14.0. The number of hydrogen-bond donors (Lipinski definition) is 0. The van der Waals surface area contributed by atoms with E-state index in [2.05, 4.69) is 9.47 Å². The maximum atomic E-state index is 14.0. The number of alkyl halides is 2. The Labute approximate surface area is 270 Å². The number of allylic oxidation sites excluding steroid dienone is 1. The lowest BCUT2D eigenvalue weighted by molar-refractivity contribution is -0.165. The predicted octanol–water partition coefficient (Wildman–Crippen LogP) is 7.54. The maximum Gasteiger partial charge on any atom is 0.347 e. The summed E-state index contributed by atoms with van der Waals surface area (Å²) in [6, 6.07) is 14.1. The summed E-state index contributed by atoms with van der Waals surface area (Å²) in [6.07, 6.45) is 4.49. The van der Waals surface area contributed by atoms with Gasteiger partial charge in [0.15, 0.2) is 0 Å². The first-order valence-corrected chi connectivity index (χ1v) is 15.2. The van der Waals surface area contributed by atoms with Crippen LogP contribution in [-0.4, -0.2) is 69.7 Å². The van der Waals surface area contributed by atoms with Crippen LogP contribution >= 0.6 is 23.2 Å². The average molecular weight is 678 g/mol. The van der Waals surface area contributed by atoms with E-state index in [9.17, 15) is 22.8 Å². The molecular formula is C32H37Cl2F3O8. The Balaban J connectivity index is 0.000000246. The highest BCUT2D eigenvalue weighted by Crippen LogP contribution is 2.46. The van der Waals surface area contributed by atoms with Crippen molar-refractivity contribution in [2.75, 3.05) is 40.6 Å². The van der Waals surface area contributed by atoms with E-state index in [0.29, 0.717) is 48.3 Å². The van der Waals surface area contributed by atoms with Gasteiger partial charge in [-0.05, 0) is 93.1 Å². The lowest BCUT2D eigenvalue weighted by Crippen LogP contribution is -2.44. The van der Waals surface area contributed by atoms with Crippen molar-refractivity contribution in [1.29, 1.82) is 0 Å². The fourth-order valence-corrected chi connectivity index (χ4v) is 4.47. The van der Waals surface area contributed by atoms with Gasteiger partial charge in [0.2, 0.25) is 5.60 Å². The smallest absolute Gasteiger partial charge is 0.347 e. The quantitative estimate of drug-likeness (QED) is 0.0963. The van der Waals surface area contributed by atoms with Crippen LogP contribution in [0.4, 0.5) is 13.2 Å². The number of hydrogen-bond acceptors (Lipinski definition) is 8. The molecule has 2 aromatic rings. The van der Waals surface area contributed by atoms with E-state index in [1.807, 2.05) is 0 Å². The highest BCUT2D eigenvalue weighted by molar-refractivity contribution is 6.30. The van der Waals surface area contributed by atoms with Crippen molar-refractivity contribution >= 4 is 35.1 Å². The standard InChI is InChI=1S/C16H19ClF2O4.C16H18ClFO4/c1-21-14(20)15(11-23-15)16(18,19)9-3-2-4-10-22-13-7-5-12(17)6-8-13;1-20-15(19)16(11-22-16)14(18)5-3-2-4-10-21-13-8-6-12(17)7-9-13/h5-8H,2-4,9-11H2,1H3;5-9H,2-4,10-11H2,1H3/b;14-5-. The first kappa shape index (κ1) is 36.5. The van der Waals surface area contributed by atoms with Crippen molar-refractivity contribution < 1.29 is 51.2 Å². The van der Waals surface area contributed by atoms with Crippen LogP contribution < -0.4 is 9.47 Å². The van der Waals surface area contributed by atoms with Crippen LogP contribution in [-0.2, 0) is 28.5 Å². The summed E-state index contributed by atoms with van der Waals surface area (Å²) in [6.45, 7) is 0.732. The summed E-state index contributed by atoms with van der Waals surface area (Å²) in [7, 11) is 2.29. The molecule has 8 nitrogen and oxygen atoms in total. The third kappa shape index (κ3) is 10.5. The van der Waals surface area contributed by atoms with Crippen LogP contribution in [0.25, 0.3) is 0 Å². The van der Waals surface area contributed by atoms with Crippen LogP contribution in [0, 0.1) is 0 Å². The summed E-state index contributed by atoms with van der Waals surface area (Å²) in [5.74, 6) is -4.03. The largest absolute Gasteiger partial charge is 0.494 e. The number of methoxy groups -OCH3 is 2. The van der Waals surface area contributed by atoms with Crippen LogP contribution in [0.5, 0.6) is 11.5 Å². The van der Waals surface area contributed by atoms with Crippen molar-refractivity contribution in [3.05, 3.63) is 70.5 Å². The van der Waals surface area contributed by atoms with Gasteiger partial charge in [-0.15, -0.1) is 0 Å². The van der Waals surface area contributed by atoms with Crippen molar-refractivity contribution in [3.8, 4) is 11.5 Å². The fourth-order valence-electron chi connectivity index (χ4n) is 4.22. The molecule has 2 fully saturated rings. The fraction of sp³-hybridized carbons (Fsp3) is 0.500. The Morgan fingerprint density at radius 3 is 1.73 bits per heavy atom. The lowest BCUT2D eigenvalue weighted by atomic mass is 9.97. The molecule has 2 aromatic carbocycles. The molecule has 0 radical (unpaired) electrons. The molecular weight excluding hydrogens is 640 g/mol. The minimum Gasteiger partial charge on any atom is -0.494 e. The zero-order valence-corrected chi connectivity index (χ0v) is 26.6. The Kier molecular flexibility index (Phi) is 13.8. The number of unbranched alkanes of at least 4 members (excludes halogenated alkanes) is 4. The zero-order chi connectivity index (χ0) is 32.9. The number of ether oxygens (including phenoxy) is 6. The van der Waals surface area contributed by atoms with Gasteiger partial charge in [-0.1, -0.05) is 23.2 Å². The minimum atomic E-state index is -3.21. The minimum absolute atomic E-state index is 0.0433. The van der Waals surface area contributed by atoms with E-state index in [1.54, 1.807) is 48.5 Å². The molecule has 0 aliphatic carbocycles. The van der Waals surface area contributed by atoms with Crippen molar-refractivity contribution in [1.82, 2.24) is 0 Å². The summed E-state index contributed by atoms with van der Waals surface area (Å²) in [4.78, 5) is 22.8. The van der Waals surface area contributed by atoms with Crippen molar-refractivity contribution in [2.24, 2.45) is 0 Å². The molecule has 2 aliphatic heterocycles. The molecule has 13 heteroatoms. The number of carbonyl (C=O) groups excluding carboxylic acids is 2. The molecule has 2 aliphatic rings. The second-order valence-corrected chi connectivity index (χ2v) is 11.3. The molecule has 2 heterocycles. The van der Waals surface area contributed by atoms with E-state index in [1.165, 1.54) is 13.2 Å². The monoisotopic (exact) mass is 676 g/mol. The number of halogens is 5. The van der Waals surface area contributed by atoms with Gasteiger partial charge >= 0.3 is 11.9 Å². The second-order valence-electron chi connectivity index (χ2n) is 10.4. The number of rotatable bonds is 17. The van der Waals surface area contributed by atoms with Gasteiger partial charge in [-0.3, -0.25) is 0 Å². The van der Waals surface area contributed by atoms with E-state index in [-0.39, 0.29) is 19.6 Å². The third-order valence-electron chi connectivity index (χ3n) is 7.09. The molecule has 0 aromatic heterocycles. The van der Waals surface area contributed by atoms with Gasteiger partial charge in [0, 0.05) is 16.5 Å². The Morgan fingerprint density at radius 2 is 1.29 bits per heavy atom. The highest BCUT2D eigenvalue weighted by atomic mass is 35.5. The number of benzene rings is 2. The molecule has 0 N–H and O–H groups in total. The molecule has 0 spiro atoms. The molecule has 2 unspecified atom stereocenters. The first-order valence-electron chi connectivity index (χ1n) is 14.4. The first-order chi connectivity index (χ1) is 21.5. The molecule has 2 atom stereocenters. The van der Waals surface area contributed by atoms with E-state index < -0.39 is 41.3 Å². The van der Waals surface area contributed by atoms with Gasteiger partial charge in [-0.2, -0.15) is 0 Å². The second kappa shape index (κ2) is 17.1.